The number of halogens is 2. The molecule has 2 bridgehead atoms. The van der Waals surface area contributed by atoms with Crippen molar-refractivity contribution in [2.24, 2.45) is 17.8 Å². The van der Waals surface area contributed by atoms with E-state index >= 15 is 0 Å². The largest absolute Gasteiger partial charge is 0.466 e. The number of pyridine rings is 1. The first-order valence-electron chi connectivity index (χ1n) is 14.6. The molecule has 3 fully saturated rings. The average molecular weight is 637 g/mol. The summed E-state index contributed by atoms with van der Waals surface area (Å²) in [5, 5.41) is 8.81. The Balaban J connectivity index is 1.38. The van der Waals surface area contributed by atoms with Crippen LogP contribution in [0.3, 0.4) is 0 Å². The molecule has 3 aliphatic rings. The van der Waals surface area contributed by atoms with Gasteiger partial charge in [-0.3, -0.25) is 4.79 Å². The molecule has 0 aliphatic heterocycles. The summed E-state index contributed by atoms with van der Waals surface area (Å²) in [6.07, 6.45) is 7.92. The van der Waals surface area contributed by atoms with Crippen molar-refractivity contribution in [3.8, 4) is 11.4 Å². The average Bonchev–Trinajstić information content (AvgIpc) is 3.58. The van der Waals surface area contributed by atoms with E-state index in [0.29, 0.717) is 23.0 Å². The second kappa shape index (κ2) is 10.8. The Hall–Kier alpha value is -4.03. The highest BCUT2D eigenvalue weighted by Gasteiger charge is 2.48. The molecule has 4 heterocycles. The highest BCUT2D eigenvalue weighted by Crippen LogP contribution is 2.47. The topological polar surface area (TPSA) is 120 Å². The third kappa shape index (κ3) is 4.71. The van der Waals surface area contributed by atoms with E-state index in [0.717, 1.165) is 41.4 Å². The Bertz CT molecular complexity index is 2020. The lowest BCUT2D eigenvalue weighted by atomic mass is 9.61. The van der Waals surface area contributed by atoms with Crippen LogP contribution in [0.5, 0.6) is 0 Å². The fourth-order valence-electron chi connectivity index (χ4n) is 6.83. The number of rotatable bonds is 7. The number of carbonyl (C=O) groups excluding carboxylic acids is 1. The number of fused-ring (bicyclic) bond motifs is 5. The molecule has 0 unspecified atom stereocenters. The molecule has 0 spiro atoms. The number of nitrogens with zero attached hydrogens (tertiary/aromatic N) is 5. The number of hydrogen-bond donors (Lipinski definition) is 1. The van der Waals surface area contributed by atoms with Gasteiger partial charge in [0, 0.05) is 29.4 Å². The van der Waals surface area contributed by atoms with Crippen LogP contribution >= 0.6 is 11.6 Å². The quantitative estimate of drug-likeness (QED) is 0.221. The predicted octanol–water partition coefficient (Wildman–Crippen LogP) is 5.86. The number of aromatic nitrogens is 5. The molecule has 10 nitrogen and oxygen atoms in total. The molecule has 0 radical (unpaired) electrons. The lowest BCUT2D eigenvalue weighted by Gasteiger charge is -2.47. The number of anilines is 1. The minimum Gasteiger partial charge on any atom is -0.466 e. The summed E-state index contributed by atoms with van der Waals surface area (Å²) in [5.41, 5.74) is 1.73. The maximum atomic E-state index is 14.6. The Morgan fingerprint density at radius 3 is 2.59 bits per heavy atom. The SMILES string of the molecule is CCOC(=O)[C@H]1C2CCC(CC2)[C@@H]1Nc1nc(-c2cn(S(=O)(=O)c3ccc(C)cc3)c3ncc(F)cc23)nn2ccc(Cl)c12. The monoisotopic (exact) mass is 636 g/mol. The molecule has 0 saturated heterocycles. The van der Waals surface area contributed by atoms with Gasteiger partial charge in [-0.25, -0.2) is 31.3 Å². The second-order valence-corrected chi connectivity index (χ2v) is 13.8. The van der Waals surface area contributed by atoms with E-state index in [9.17, 15) is 17.6 Å². The van der Waals surface area contributed by atoms with Crippen molar-refractivity contribution < 1.29 is 22.3 Å². The second-order valence-electron chi connectivity index (χ2n) is 11.5. The molecule has 8 rings (SSSR count). The fourth-order valence-corrected chi connectivity index (χ4v) is 8.39. The van der Waals surface area contributed by atoms with Crippen LogP contribution in [0.15, 0.2) is 59.9 Å². The summed E-state index contributed by atoms with van der Waals surface area (Å²) in [6.45, 7) is 3.96. The van der Waals surface area contributed by atoms with Gasteiger partial charge in [-0.2, -0.15) is 0 Å². The summed E-state index contributed by atoms with van der Waals surface area (Å²) < 4.78 is 50.2. The Kier molecular flexibility index (Phi) is 7.08. The lowest BCUT2D eigenvalue weighted by molar-refractivity contribution is -0.154. The van der Waals surface area contributed by atoms with Gasteiger partial charge in [-0.05, 0) is 75.6 Å². The number of aryl methyl sites for hydroxylation is 1. The van der Waals surface area contributed by atoms with Crippen LogP contribution in [-0.2, 0) is 19.6 Å². The highest BCUT2D eigenvalue weighted by atomic mass is 35.5. The third-order valence-electron chi connectivity index (χ3n) is 8.94. The van der Waals surface area contributed by atoms with E-state index in [4.69, 9.17) is 21.3 Å². The summed E-state index contributed by atoms with van der Waals surface area (Å²) in [6, 6.07) is 9.12. The van der Waals surface area contributed by atoms with Crippen LogP contribution < -0.4 is 5.32 Å². The Labute approximate surface area is 258 Å². The van der Waals surface area contributed by atoms with Crippen molar-refractivity contribution in [3.05, 3.63) is 71.4 Å². The van der Waals surface area contributed by atoms with E-state index in [1.165, 1.54) is 24.4 Å². The summed E-state index contributed by atoms with van der Waals surface area (Å²) >= 11 is 6.60. The van der Waals surface area contributed by atoms with Crippen molar-refractivity contribution in [2.75, 3.05) is 11.9 Å². The molecule has 5 aromatic rings. The van der Waals surface area contributed by atoms with Gasteiger partial charge in [0.05, 0.1) is 28.6 Å². The van der Waals surface area contributed by atoms with Crippen molar-refractivity contribution in [2.45, 2.75) is 50.5 Å². The number of ether oxygens (including phenoxy) is 1. The van der Waals surface area contributed by atoms with E-state index in [-0.39, 0.29) is 57.1 Å². The van der Waals surface area contributed by atoms with Gasteiger partial charge in [0.15, 0.2) is 17.3 Å². The molecule has 0 amide bonds. The fraction of sp³-hybridized carbons (Fsp3) is 0.355. The molecular weight excluding hydrogens is 607 g/mol. The smallest absolute Gasteiger partial charge is 0.311 e. The Morgan fingerprint density at radius 2 is 1.86 bits per heavy atom. The van der Waals surface area contributed by atoms with Crippen LogP contribution in [0.1, 0.15) is 38.2 Å². The van der Waals surface area contributed by atoms with Gasteiger partial charge >= 0.3 is 5.97 Å². The normalized spacial score (nSPS) is 21.6. The predicted molar refractivity (Wildman–Crippen MR) is 163 cm³/mol. The van der Waals surface area contributed by atoms with Crippen LogP contribution in [-0.4, -0.2) is 50.6 Å². The third-order valence-corrected chi connectivity index (χ3v) is 10.9. The van der Waals surface area contributed by atoms with Gasteiger partial charge in [0.1, 0.15) is 11.3 Å². The standard InChI is InChI=1S/C31H30ClFN6O4S/c1-3-43-31(40)25-18-6-8-19(9-7-18)26(25)35-29-27-24(32)12-13-38(27)37-28(36-29)23-16-39(30-22(23)14-20(33)15-34-30)44(41,42)21-10-4-17(2)5-11-21/h4-5,10-16,18-19,25-26H,3,6-9H2,1-2H3,(H,35,36,37)/t18?,19?,25-,26-/m0/s1. The summed E-state index contributed by atoms with van der Waals surface area (Å²) in [5.74, 6) is -0.230. The van der Waals surface area contributed by atoms with E-state index in [1.807, 2.05) is 6.92 Å². The van der Waals surface area contributed by atoms with Crippen molar-refractivity contribution >= 4 is 50.0 Å². The number of hydrogen-bond acceptors (Lipinski definition) is 8. The summed E-state index contributed by atoms with van der Waals surface area (Å²) in [4.78, 5) is 22.2. The van der Waals surface area contributed by atoms with Crippen molar-refractivity contribution in [1.82, 2.24) is 23.6 Å². The first kappa shape index (κ1) is 28.7. The molecule has 13 heteroatoms. The number of nitrogens with one attached hydrogen (secondary N) is 1. The molecule has 228 valence electrons. The first-order chi connectivity index (χ1) is 21.2. The maximum Gasteiger partial charge on any atom is 0.311 e. The highest BCUT2D eigenvalue weighted by molar-refractivity contribution is 7.90. The zero-order valence-corrected chi connectivity index (χ0v) is 25.6. The molecule has 3 aliphatic carbocycles. The van der Waals surface area contributed by atoms with Gasteiger partial charge in [0.25, 0.3) is 10.0 Å². The van der Waals surface area contributed by atoms with Crippen LogP contribution in [0, 0.1) is 30.5 Å². The minimum absolute atomic E-state index is 0.0395. The van der Waals surface area contributed by atoms with E-state index in [2.05, 4.69) is 15.4 Å². The van der Waals surface area contributed by atoms with Crippen LogP contribution in [0.4, 0.5) is 10.2 Å². The van der Waals surface area contributed by atoms with E-state index in [1.54, 1.807) is 35.8 Å². The first-order valence-corrected chi connectivity index (χ1v) is 16.4. The van der Waals surface area contributed by atoms with Crippen LogP contribution in [0.25, 0.3) is 27.9 Å². The van der Waals surface area contributed by atoms with Gasteiger partial charge in [-0.1, -0.05) is 29.3 Å². The zero-order chi connectivity index (χ0) is 30.7. The van der Waals surface area contributed by atoms with Crippen LogP contribution in [0.2, 0.25) is 5.02 Å². The van der Waals surface area contributed by atoms with Crippen molar-refractivity contribution in [1.29, 1.82) is 0 Å². The molecule has 2 atom stereocenters. The van der Waals surface area contributed by atoms with E-state index < -0.39 is 15.8 Å². The van der Waals surface area contributed by atoms with Gasteiger partial charge < -0.3 is 10.1 Å². The van der Waals surface area contributed by atoms with Crippen molar-refractivity contribution in [3.63, 3.8) is 0 Å². The molecule has 1 aromatic carbocycles. The molecule has 3 saturated carbocycles. The molecule has 1 N–H and O–H groups in total. The minimum atomic E-state index is -4.10. The number of benzene rings is 1. The molecular formula is C31H30ClFN6O4S. The summed E-state index contributed by atoms with van der Waals surface area (Å²) in [7, 11) is -4.10. The van der Waals surface area contributed by atoms with Gasteiger partial charge in [-0.15, -0.1) is 5.10 Å². The Morgan fingerprint density at radius 1 is 1.14 bits per heavy atom. The van der Waals surface area contributed by atoms with Gasteiger partial charge in [0.2, 0.25) is 0 Å². The zero-order valence-electron chi connectivity index (χ0n) is 24.1. The molecule has 4 aromatic heterocycles. The number of carbonyl (C=O) groups is 1. The molecule has 44 heavy (non-hydrogen) atoms. The number of esters is 1. The maximum absolute atomic E-state index is 14.6. The lowest BCUT2D eigenvalue weighted by Crippen LogP contribution is -2.52.